The molecule has 53 heavy (non-hydrogen) atoms. The number of carbonyl (C=O) groups excluding carboxylic acids is 3. The van der Waals surface area contributed by atoms with Gasteiger partial charge < -0.3 is 20.5 Å². The van der Waals surface area contributed by atoms with Crippen LogP contribution in [-0.4, -0.2) is 74.2 Å². The van der Waals surface area contributed by atoms with Gasteiger partial charge in [-0.05, 0) is 53.0 Å². The van der Waals surface area contributed by atoms with Gasteiger partial charge in [0.25, 0.3) is 5.91 Å². The van der Waals surface area contributed by atoms with E-state index in [0.29, 0.717) is 15.3 Å². The number of aliphatic hydroxyl groups is 1. The molecular formula is C38H38F2N4O7S2. The van der Waals surface area contributed by atoms with Crippen LogP contribution in [-0.2, 0) is 30.9 Å². The summed E-state index contributed by atoms with van der Waals surface area (Å²) in [7, 11) is -3.21. The molecule has 15 heteroatoms. The Hall–Kier alpha value is -4.83. The topological polar surface area (TPSA) is 154 Å². The Labute approximate surface area is 309 Å². The summed E-state index contributed by atoms with van der Waals surface area (Å²) in [6, 6.07) is 19.5. The van der Waals surface area contributed by atoms with Crippen molar-refractivity contribution in [2.45, 2.75) is 43.3 Å². The van der Waals surface area contributed by atoms with E-state index in [4.69, 9.17) is 4.74 Å². The molecular weight excluding hydrogens is 727 g/mol. The first-order chi connectivity index (χ1) is 25.4. The van der Waals surface area contributed by atoms with Crippen molar-refractivity contribution in [1.82, 2.24) is 14.9 Å². The van der Waals surface area contributed by atoms with Gasteiger partial charge in [0, 0.05) is 41.3 Å². The fourth-order valence-corrected chi connectivity index (χ4v) is 9.64. The highest BCUT2D eigenvalue weighted by atomic mass is 32.2. The minimum absolute atomic E-state index is 0.00773. The van der Waals surface area contributed by atoms with Crippen molar-refractivity contribution in [3.05, 3.63) is 128 Å². The first kappa shape index (κ1) is 37.9. The number of rotatable bonds is 14. The third-order valence-electron chi connectivity index (χ3n) is 9.44. The lowest BCUT2D eigenvalue weighted by Crippen LogP contribution is -2.50. The molecule has 3 atom stereocenters. The Bertz CT molecular complexity index is 2020. The van der Waals surface area contributed by atoms with Gasteiger partial charge in [-0.15, -0.1) is 11.3 Å². The second kappa shape index (κ2) is 16.0. The highest BCUT2D eigenvalue weighted by molar-refractivity contribution is 7.93. The molecule has 2 aliphatic carbocycles. The van der Waals surface area contributed by atoms with Crippen LogP contribution in [0.3, 0.4) is 0 Å². The molecule has 1 saturated carbocycles. The van der Waals surface area contributed by atoms with E-state index in [0.717, 1.165) is 26.8 Å². The molecule has 1 aromatic heterocycles. The maximum absolute atomic E-state index is 14.2. The number of sulfonamides is 1. The molecule has 3 amide bonds. The van der Waals surface area contributed by atoms with Crippen LogP contribution in [0.2, 0.25) is 0 Å². The van der Waals surface area contributed by atoms with E-state index in [1.54, 1.807) is 18.2 Å². The van der Waals surface area contributed by atoms with Crippen molar-refractivity contribution in [2.75, 3.05) is 20.3 Å². The molecule has 0 bridgehead atoms. The van der Waals surface area contributed by atoms with Crippen molar-refractivity contribution in [1.29, 1.82) is 0 Å². The van der Waals surface area contributed by atoms with E-state index in [2.05, 4.69) is 15.6 Å². The number of dihydropyridines is 1. The Morgan fingerprint density at radius 2 is 1.70 bits per heavy atom. The predicted octanol–water partition coefficient (Wildman–Crippen LogP) is 5.24. The molecule has 0 spiro atoms. The summed E-state index contributed by atoms with van der Waals surface area (Å²) in [5.74, 6) is -6.09. The number of methoxy groups -OCH3 is 1. The van der Waals surface area contributed by atoms with Crippen LogP contribution in [0, 0.1) is 11.8 Å². The normalized spacial score (nSPS) is 19.1. The molecule has 1 fully saturated rings. The number of hydrogen-bond donors (Lipinski definition) is 3. The van der Waals surface area contributed by atoms with Crippen LogP contribution >= 0.6 is 11.3 Å². The minimum Gasteiger partial charge on any atom is -0.453 e. The molecule has 2 aromatic carbocycles. The largest absolute Gasteiger partial charge is 0.453 e. The second-order valence-corrected chi connectivity index (χ2v) is 16.1. The fraction of sp³-hybridized carbons (Fsp3) is 0.316. The van der Waals surface area contributed by atoms with Crippen molar-refractivity contribution in [3.8, 4) is 0 Å². The molecule has 3 aromatic rings. The third-order valence-corrected chi connectivity index (χ3v) is 12.5. The zero-order chi connectivity index (χ0) is 37.8. The van der Waals surface area contributed by atoms with E-state index in [9.17, 15) is 36.7 Å². The Morgan fingerprint density at radius 3 is 2.30 bits per heavy atom. The standard InChI is InChI=1S/C38H38F2N4O7S2/c1-51-37(48)43-34(33(26-8-4-2-5-9-26)27-10-6-3-7-11-27)36(47)42-21-28-13-15-32(52-28)31(23-45)44(22-24-19-38(39,40)20-24)53(49,50)29-14-12-25-16-17-41-35(46)30(25)18-29/h2-18,24,30-31,33-34,45H,19-23H2,1H3,(H,42,47)(H,43,48)/t30?,31-,34+/m1/s1. The van der Waals surface area contributed by atoms with Crippen molar-refractivity contribution < 1.29 is 41.4 Å². The zero-order valence-electron chi connectivity index (χ0n) is 28.6. The molecule has 3 N–H and O–H groups in total. The number of amides is 3. The second-order valence-electron chi connectivity index (χ2n) is 13.0. The van der Waals surface area contributed by atoms with Crippen molar-refractivity contribution in [2.24, 2.45) is 16.8 Å². The summed E-state index contributed by atoms with van der Waals surface area (Å²) in [5, 5.41) is 16.2. The number of aliphatic hydroxyl groups excluding tert-OH is 1. The third kappa shape index (κ3) is 8.54. The number of hydrogen-bond acceptors (Lipinski definition) is 8. The fourth-order valence-electron chi connectivity index (χ4n) is 6.78. The molecule has 2 heterocycles. The zero-order valence-corrected chi connectivity index (χ0v) is 30.2. The van der Waals surface area contributed by atoms with Gasteiger partial charge in [-0.25, -0.2) is 27.0 Å². The highest BCUT2D eigenvalue weighted by Crippen LogP contribution is 2.45. The number of alkyl carbamates (subject to hydrolysis) is 1. The number of benzene rings is 2. The van der Waals surface area contributed by atoms with Crippen LogP contribution in [0.5, 0.6) is 0 Å². The average Bonchev–Trinajstić information content (AvgIpc) is 3.62. The lowest BCUT2D eigenvalue weighted by atomic mass is 9.81. The molecule has 0 radical (unpaired) electrons. The molecule has 1 aliphatic heterocycles. The Morgan fingerprint density at radius 1 is 1.04 bits per heavy atom. The predicted molar refractivity (Wildman–Crippen MR) is 196 cm³/mol. The van der Waals surface area contributed by atoms with Crippen molar-refractivity contribution >= 4 is 45.5 Å². The lowest BCUT2D eigenvalue weighted by molar-refractivity contribution is -0.123. The number of thiophene rings is 1. The number of halogens is 2. The number of allylic oxidation sites excluding steroid dienone is 3. The molecule has 278 valence electrons. The number of nitrogens with one attached hydrogen (secondary N) is 2. The summed E-state index contributed by atoms with van der Waals surface area (Å²) >= 11 is 1.14. The van der Waals surface area contributed by atoms with Gasteiger partial charge in [0.15, 0.2) is 0 Å². The van der Waals surface area contributed by atoms with Crippen molar-refractivity contribution in [3.63, 3.8) is 0 Å². The molecule has 11 nitrogen and oxygen atoms in total. The maximum atomic E-state index is 14.2. The van der Waals surface area contributed by atoms with Crippen LogP contribution < -0.4 is 10.6 Å². The maximum Gasteiger partial charge on any atom is 0.407 e. The van der Waals surface area contributed by atoms with Crippen LogP contribution in [0.4, 0.5) is 13.6 Å². The number of alkyl halides is 2. The quantitative estimate of drug-likeness (QED) is 0.203. The number of aliphatic imine (C=N–C) groups is 1. The summed E-state index contributed by atoms with van der Waals surface area (Å²) in [5.41, 5.74) is 2.13. The van der Waals surface area contributed by atoms with E-state index in [-0.39, 0.29) is 18.0 Å². The van der Waals surface area contributed by atoms with Gasteiger partial charge in [0.05, 0.1) is 37.1 Å². The number of ether oxygens (including phenoxy) is 1. The highest BCUT2D eigenvalue weighted by Gasteiger charge is 2.48. The van der Waals surface area contributed by atoms with Crippen LogP contribution in [0.25, 0.3) is 0 Å². The summed E-state index contributed by atoms with van der Waals surface area (Å²) in [6.07, 6.45) is 5.32. The van der Waals surface area contributed by atoms with Crippen LogP contribution in [0.1, 0.15) is 45.7 Å². The minimum atomic E-state index is -4.41. The number of fused-ring (bicyclic) bond motifs is 1. The number of nitrogens with zero attached hydrogens (tertiary/aromatic N) is 2. The van der Waals surface area contributed by atoms with Crippen LogP contribution in [0.15, 0.2) is 113 Å². The monoisotopic (exact) mass is 764 g/mol. The van der Waals surface area contributed by atoms with E-state index < -0.39 is 83.1 Å². The molecule has 0 saturated heterocycles. The first-order valence-corrected chi connectivity index (χ1v) is 19.1. The van der Waals surface area contributed by atoms with Gasteiger partial charge in [-0.3, -0.25) is 9.59 Å². The first-order valence-electron chi connectivity index (χ1n) is 16.9. The number of carbonyl (C=O) groups is 3. The molecule has 3 aliphatic rings. The van der Waals surface area contributed by atoms with E-state index in [1.165, 1.54) is 31.6 Å². The molecule has 1 unspecified atom stereocenters. The smallest absolute Gasteiger partial charge is 0.407 e. The summed E-state index contributed by atoms with van der Waals surface area (Å²) in [6.45, 7) is -0.949. The van der Waals surface area contributed by atoms with Gasteiger partial charge in [0.2, 0.25) is 21.9 Å². The lowest BCUT2D eigenvalue weighted by Gasteiger charge is -2.40. The SMILES string of the molecule is COC(=O)N[C@H](C(=O)NCc1ccc([C@@H](CO)N(CC2CC(F)(F)C2)S(=O)(=O)C2=CC3C(=O)N=CC=C3C=C2)s1)C(c1ccccc1)c1ccccc1. The molecule has 6 rings (SSSR count). The van der Waals surface area contributed by atoms with E-state index >= 15 is 0 Å². The average molecular weight is 765 g/mol. The Balaban J connectivity index is 1.25. The van der Waals surface area contributed by atoms with Gasteiger partial charge in [-0.2, -0.15) is 4.31 Å². The summed E-state index contributed by atoms with van der Waals surface area (Å²) < 4.78 is 62.2. The van der Waals surface area contributed by atoms with E-state index in [1.807, 2.05) is 60.7 Å². The Kier molecular flexibility index (Phi) is 11.5. The van der Waals surface area contributed by atoms with Gasteiger partial charge >= 0.3 is 6.09 Å². The van der Waals surface area contributed by atoms with Gasteiger partial charge in [-0.1, -0.05) is 66.7 Å². The summed E-state index contributed by atoms with van der Waals surface area (Å²) in [4.78, 5) is 43.5. The van der Waals surface area contributed by atoms with Gasteiger partial charge in [0.1, 0.15) is 6.04 Å².